The van der Waals surface area contributed by atoms with E-state index < -0.39 is 17.2 Å². The van der Waals surface area contributed by atoms with E-state index in [1.54, 1.807) is 45.0 Å². The molecule has 0 aliphatic heterocycles. The second kappa shape index (κ2) is 7.37. The Bertz CT molecular complexity index is 714. The smallest absolute Gasteiger partial charge is 0.339 e. The quantitative estimate of drug-likeness (QED) is 0.783. The third-order valence-electron chi connectivity index (χ3n) is 3.40. The highest BCUT2D eigenvalue weighted by Crippen LogP contribution is 2.22. The summed E-state index contributed by atoms with van der Waals surface area (Å²) in [6, 6.07) is 9.59. The lowest BCUT2D eigenvalue weighted by molar-refractivity contribution is -0.174. The van der Waals surface area contributed by atoms with Gasteiger partial charge in [-0.15, -0.1) is 0 Å². The molecule has 0 radical (unpaired) electrons. The Kier molecular flexibility index (Phi) is 5.65. The molecule has 25 heavy (non-hydrogen) atoms. The molecule has 0 saturated heterocycles. The van der Waals surface area contributed by atoms with E-state index in [1.165, 1.54) is 19.1 Å². The molecule has 0 fully saturated rings. The van der Waals surface area contributed by atoms with Crippen LogP contribution in [0.25, 0.3) is 11.3 Å². The minimum Gasteiger partial charge on any atom is -0.460 e. The number of carbonyl (C=O) groups excluding carboxylic acids is 1. The molecule has 2 N–H and O–H groups in total. The predicted molar refractivity (Wildman–Crippen MR) is 92.3 cm³/mol. The standard InChI is InChI=1S/C19H24FNO4/c1-18(2,3)25-17(22)19(4,23)12-21-11-15-9-10-16(24-15)13-5-7-14(20)8-6-13/h5-10,21,23H,11-12H2,1-4H3. The number of carbonyl (C=O) groups is 1. The number of hydrogen-bond acceptors (Lipinski definition) is 5. The van der Waals surface area contributed by atoms with Gasteiger partial charge in [0.2, 0.25) is 0 Å². The molecule has 1 aromatic heterocycles. The van der Waals surface area contributed by atoms with Crippen molar-refractivity contribution in [2.24, 2.45) is 0 Å². The summed E-state index contributed by atoms with van der Waals surface area (Å²) in [6.45, 7) is 6.99. The van der Waals surface area contributed by atoms with Gasteiger partial charge in [0, 0.05) is 12.1 Å². The summed E-state index contributed by atoms with van der Waals surface area (Å²) >= 11 is 0. The van der Waals surface area contributed by atoms with Crippen molar-refractivity contribution in [3.8, 4) is 11.3 Å². The zero-order valence-corrected chi connectivity index (χ0v) is 14.9. The molecule has 136 valence electrons. The summed E-state index contributed by atoms with van der Waals surface area (Å²) in [7, 11) is 0. The van der Waals surface area contributed by atoms with Gasteiger partial charge in [-0.25, -0.2) is 9.18 Å². The maximum Gasteiger partial charge on any atom is 0.339 e. The zero-order chi connectivity index (χ0) is 18.7. The molecule has 6 heteroatoms. The maximum atomic E-state index is 13.0. The Hall–Kier alpha value is -2.18. The van der Waals surface area contributed by atoms with Crippen molar-refractivity contribution < 1.29 is 23.4 Å². The number of benzene rings is 1. The Morgan fingerprint density at radius 1 is 1.16 bits per heavy atom. The Morgan fingerprint density at radius 3 is 2.40 bits per heavy atom. The van der Waals surface area contributed by atoms with Crippen LogP contribution in [0.5, 0.6) is 0 Å². The van der Waals surface area contributed by atoms with Gasteiger partial charge in [0.15, 0.2) is 5.60 Å². The van der Waals surface area contributed by atoms with Crippen molar-refractivity contribution >= 4 is 5.97 Å². The zero-order valence-electron chi connectivity index (χ0n) is 14.9. The number of halogens is 1. The predicted octanol–water partition coefficient (Wildman–Crippen LogP) is 3.27. The van der Waals surface area contributed by atoms with Crippen LogP contribution >= 0.6 is 0 Å². The summed E-state index contributed by atoms with van der Waals surface area (Å²) in [5.41, 5.74) is -1.53. The minimum atomic E-state index is -1.64. The van der Waals surface area contributed by atoms with Crippen LogP contribution in [0.1, 0.15) is 33.5 Å². The molecular formula is C19H24FNO4. The molecule has 2 rings (SSSR count). The lowest BCUT2D eigenvalue weighted by Crippen LogP contribution is -2.48. The Balaban J connectivity index is 1.89. The lowest BCUT2D eigenvalue weighted by atomic mass is 10.1. The molecular weight excluding hydrogens is 325 g/mol. The van der Waals surface area contributed by atoms with Crippen LogP contribution in [0, 0.1) is 5.82 Å². The van der Waals surface area contributed by atoms with Crippen molar-refractivity contribution in [2.45, 2.75) is 45.4 Å². The Labute approximate surface area is 146 Å². The number of esters is 1. The molecule has 0 bridgehead atoms. The first-order chi connectivity index (χ1) is 11.6. The van der Waals surface area contributed by atoms with E-state index in [1.807, 2.05) is 0 Å². The van der Waals surface area contributed by atoms with Crippen molar-refractivity contribution in [1.82, 2.24) is 5.32 Å². The average molecular weight is 349 g/mol. The van der Waals surface area contributed by atoms with E-state index in [0.717, 1.165) is 5.56 Å². The van der Waals surface area contributed by atoms with Gasteiger partial charge in [-0.1, -0.05) is 0 Å². The number of rotatable bonds is 6. The van der Waals surface area contributed by atoms with Crippen LogP contribution in [-0.4, -0.2) is 28.8 Å². The SMILES string of the molecule is CC(C)(C)OC(=O)C(C)(O)CNCc1ccc(-c2ccc(F)cc2)o1. The van der Waals surface area contributed by atoms with Crippen molar-refractivity contribution in [2.75, 3.05) is 6.54 Å². The highest BCUT2D eigenvalue weighted by molar-refractivity contribution is 5.79. The van der Waals surface area contributed by atoms with E-state index in [0.29, 0.717) is 18.1 Å². The summed E-state index contributed by atoms with van der Waals surface area (Å²) in [5.74, 6) is 0.274. The molecule has 0 aliphatic rings. The van der Waals surface area contributed by atoms with Crippen LogP contribution in [-0.2, 0) is 16.1 Å². The fourth-order valence-electron chi connectivity index (χ4n) is 2.13. The number of furan rings is 1. The van der Waals surface area contributed by atoms with Gasteiger partial charge in [-0.3, -0.25) is 0 Å². The molecule has 1 aromatic carbocycles. The summed E-state index contributed by atoms with van der Waals surface area (Å²) in [6.07, 6.45) is 0. The third-order valence-corrected chi connectivity index (χ3v) is 3.40. The normalized spacial score (nSPS) is 14.2. The highest BCUT2D eigenvalue weighted by atomic mass is 19.1. The molecule has 0 aliphatic carbocycles. The molecule has 2 aromatic rings. The first kappa shape index (κ1) is 19.1. The lowest BCUT2D eigenvalue weighted by Gasteiger charge is -2.27. The fourth-order valence-corrected chi connectivity index (χ4v) is 2.13. The van der Waals surface area contributed by atoms with E-state index in [-0.39, 0.29) is 12.4 Å². The van der Waals surface area contributed by atoms with Gasteiger partial charge in [0.25, 0.3) is 0 Å². The van der Waals surface area contributed by atoms with E-state index in [9.17, 15) is 14.3 Å². The van der Waals surface area contributed by atoms with Gasteiger partial charge >= 0.3 is 5.97 Å². The molecule has 0 amide bonds. The van der Waals surface area contributed by atoms with Crippen LogP contribution in [0.2, 0.25) is 0 Å². The fraction of sp³-hybridized carbons (Fsp3) is 0.421. The van der Waals surface area contributed by atoms with Crippen LogP contribution in [0.4, 0.5) is 4.39 Å². The maximum absolute atomic E-state index is 13.0. The van der Waals surface area contributed by atoms with Gasteiger partial charge in [0.1, 0.15) is 22.9 Å². The minimum absolute atomic E-state index is 0.0223. The van der Waals surface area contributed by atoms with Crippen molar-refractivity contribution in [3.05, 3.63) is 48.0 Å². The van der Waals surface area contributed by atoms with E-state index in [4.69, 9.17) is 9.15 Å². The monoisotopic (exact) mass is 349 g/mol. The largest absolute Gasteiger partial charge is 0.460 e. The second-order valence-electron chi connectivity index (χ2n) is 7.15. The van der Waals surface area contributed by atoms with Crippen LogP contribution in [0.3, 0.4) is 0 Å². The van der Waals surface area contributed by atoms with Gasteiger partial charge in [-0.05, 0) is 64.1 Å². The van der Waals surface area contributed by atoms with Gasteiger partial charge < -0.3 is 19.6 Å². The molecule has 1 heterocycles. The molecule has 0 saturated carbocycles. The van der Waals surface area contributed by atoms with E-state index >= 15 is 0 Å². The average Bonchev–Trinajstić information content (AvgIpc) is 2.95. The summed E-state index contributed by atoms with van der Waals surface area (Å²) < 4.78 is 23.8. The van der Waals surface area contributed by atoms with Gasteiger partial charge in [0.05, 0.1) is 6.54 Å². The van der Waals surface area contributed by atoms with Gasteiger partial charge in [-0.2, -0.15) is 0 Å². The third kappa shape index (κ3) is 5.69. The topological polar surface area (TPSA) is 71.7 Å². The molecule has 5 nitrogen and oxygen atoms in total. The van der Waals surface area contributed by atoms with Crippen LogP contribution in [0.15, 0.2) is 40.8 Å². The number of nitrogens with one attached hydrogen (secondary N) is 1. The van der Waals surface area contributed by atoms with Crippen LogP contribution < -0.4 is 5.32 Å². The van der Waals surface area contributed by atoms with Crippen molar-refractivity contribution in [3.63, 3.8) is 0 Å². The highest BCUT2D eigenvalue weighted by Gasteiger charge is 2.34. The first-order valence-electron chi connectivity index (χ1n) is 8.08. The second-order valence-corrected chi connectivity index (χ2v) is 7.15. The Morgan fingerprint density at radius 2 is 1.80 bits per heavy atom. The number of ether oxygens (including phenoxy) is 1. The summed E-state index contributed by atoms with van der Waals surface area (Å²) in [5, 5.41) is 13.2. The molecule has 1 atom stereocenters. The number of hydrogen-bond donors (Lipinski definition) is 2. The first-order valence-corrected chi connectivity index (χ1v) is 8.08. The molecule has 0 spiro atoms. The van der Waals surface area contributed by atoms with Crippen molar-refractivity contribution in [1.29, 1.82) is 0 Å². The van der Waals surface area contributed by atoms with E-state index in [2.05, 4.69) is 5.32 Å². The number of aliphatic hydroxyl groups is 1. The summed E-state index contributed by atoms with van der Waals surface area (Å²) in [4.78, 5) is 12.0. The molecule has 1 unspecified atom stereocenters.